The quantitative estimate of drug-likeness (QED) is 0.295. The van der Waals surface area contributed by atoms with E-state index < -0.39 is 0 Å². The fourth-order valence-electron chi connectivity index (χ4n) is 3.89. The number of ether oxygens (including phenoxy) is 1. The van der Waals surface area contributed by atoms with E-state index in [1.807, 2.05) is 64.3 Å². The summed E-state index contributed by atoms with van der Waals surface area (Å²) in [4.78, 5) is 34.8. The maximum atomic E-state index is 12.8. The van der Waals surface area contributed by atoms with E-state index in [2.05, 4.69) is 35.3 Å². The van der Waals surface area contributed by atoms with Crippen LogP contribution in [0.5, 0.6) is 5.75 Å². The minimum atomic E-state index is -0.0271. The number of likely N-dealkylation sites (N-methyl/N-ethyl adjacent to an activating group) is 1. The number of methoxy groups -OCH3 is 1. The molecule has 3 aromatic heterocycles. The third-order valence-corrected chi connectivity index (χ3v) is 6.03. The van der Waals surface area contributed by atoms with E-state index in [4.69, 9.17) is 4.74 Å². The Labute approximate surface area is 222 Å². The highest BCUT2D eigenvalue weighted by atomic mass is 16.5. The van der Waals surface area contributed by atoms with Crippen molar-refractivity contribution in [2.45, 2.75) is 19.8 Å². The fraction of sp³-hybridized carbons (Fsp3) is 0.333. The first-order valence-electron chi connectivity index (χ1n) is 12.3. The Bertz CT molecular complexity index is 1400. The number of carbonyl (C=O) groups is 1. The summed E-state index contributed by atoms with van der Waals surface area (Å²) in [5.41, 5.74) is 3.42. The third kappa shape index (κ3) is 5.94. The number of Topliss-reactive ketones (excluding diaryl/α,β-unsaturated/α-hetero) is 1. The van der Waals surface area contributed by atoms with Gasteiger partial charge in [0.15, 0.2) is 23.2 Å². The number of pyridine rings is 1. The molecule has 0 radical (unpaired) electrons. The topological polar surface area (TPSA) is 114 Å². The Kier molecular flexibility index (Phi) is 8.27. The average Bonchev–Trinajstić information content (AvgIpc) is 3.37. The van der Waals surface area contributed by atoms with Crippen LogP contribution in [0.3, 0.4) is 0 Å². The van der Waals surface area contributed by atoms with Gasteiger partial charge in [-0.3, -0.25) is 14.5 Å². The molecule has 4 rings (SSSR count). The van der Waals surface area contributed by atoms with Gasteiger partial charge in [-0.25, -0.2) is 15.0 Å². The van der Waals surface area contributed by atoms with Crippen molar-refractivity contribution >= 4 is 28.8 Å². The number of anilines is 4. The average molecular weight is 516 g/mol. The van der Waals surface area contributed by atoms with Crippen molar-refractivity contribution in [2.24, 2.45) is 7.05 Å². The lowest BCUT2D eigenvalue weighted by Gasteiger charge is -2.20. The van der Waals surface area contributed by atoms with Crippen LogP contribution in [0.15, 0.2) is 49.2 Å². The molecule has 0 amide bonds. The second kappa shape index (κ2) is 11.8. The smallest absolute Gasteiger partial charge is 0.184 e. The molecule has 0 aliphatic rings. The van der Waals surface area contributed by atoms with E-state index in [1.54, 1.807) is 36.7 Å². The van der Waals surface area contributed by atoms with E-state index in [0.29, 0.717) is 46.6 Å². The van der Waals surface area contributed by atoms with Crippen LogP contribution in [-0.2, 0) is 13.5 Å². The highest BCUT2D eigenvalue weighted by Crippen LogP contribution is 2.38. The first-order chi connectivity index (χ1) is 18.3. The molecule has 0 spiro atoms. The number of nitrogens with one attached hydrogen (secondary N) is 1. The first-order valence-corrected chi connectivity index (χ1v) is 12.3. The van der Waals surface area contributed by atoms with Gasteiger partial charge >= 0.3 is 0 Å². The molecule has 0 fully saturated rings. The number of carbonyl (C=O) groups excluding carboxylic acids is 1. The summed E-state index contributed by atoms with van der Waals surface area (Å²) >= 11 is 0. The summed E-state index contributed by atoms with van der Waals surface area (Å²) in [6.45, 7) is 2.72. The van der Waals surface area contributed by atoms with Crippen molar-refractivity contribution in [3.05, 3.63) is 60.4 Å². The Morgan fingerprint density at radius 2 is 1.82 bits per heavy atom. The van der Waals surface area contributed by atoms with Crippen molar-refractivity contribution in [3.63, 3.8) is 0 Å². The fourth-order valence-corrected chi connectivity index (χ4v) is 3.89. The lowest BCUT2D eigenvalue weighted by atomic mass is 10.1. The molecule has 38 heavy (non-hydrogen) atoms. The molecule has 0 saturated heterocycles. The molecule has 1 N–H and O–H groups in total. The maximum Gasteiger partial charge on any atom is 0.184 e. The van der Waals surface area contributed by atoms with E-state index >= 15 is 0 Å². The van der Waals surface area contributed by atoms with Crippen LogP contribution < -0.4 is 15.0 Å². The highest BCUT2D eigenvalue weighted by molar-refractivity contribution is 6.02. The summed E-state index contributed by atoms with van der Waals surface area (Å²) in [5, 5.41) is 7.80. The number of hydrogen-bond donors (Lipinski definition) is 1. The molecule has 0 aliphatic carbocycles. The monoisotopic (exact) mass is 515 g/mol. The van der Waals surface area contributed by atoms with Crippen molar-refractivity contribution in [3.8, 4) is 17.1 Å². The molecule has 11 heteroatoms. The summed E-state index contributed by atoms with van der Waals surface area (Å²) in [5.74, 6) is 2.34. The van der Waals surface area contributed by atoms with Gasteiger partial charge in [0.2, 0.25) is 0 Å². The zero-order chi connectivity index (χ0) is 27.2. The normalized spacial score (nSPS) is 11.0. The second-order valence-corrected chi connectivity index (χ2v) is 9.10. The second-order valence-electron chi connectivity index (χ2n) is 9.10. The molecule has 3 heterocycles. The van der Waals surface area contributed by atoms with Crippen LogP contribution >= 0.6 is 0 Å². The molecular weight excluding hydrogens is 482 g/mol. The predicted octanol–water partition coefficient (Wildman–Crippen LogP) is 3.88. The molecule has 0 bridgehead atoms. The van der Waals surface area contributed by atoms with Crippen LogP contribution in [0.2, 0.25) is 0 Å². The van der Waals surface area contributed by atoms with Crippen molar-refractivity contribution in [1.29, 1.82) is 0 Å². The largest absolute Gasteiger partial charge is 0.494 e. The lowest BCUT2D eigenvalue weighted by molar-refractivity contribution is 0.0988. The Balaban J connectivity index is 1.67. The minimum Gasteiger partial charge on any atom is -0.494 e. The number of para-hydroxylation sites is 1. The number of rotatable bonds is 11. The van der Waals surface area contributed by atoms with Gasteiger partial charge in [-0.2, -0.15) is 5.10 Å². The molecule has 198 valence electrons. The van der Waals surface area contributed by atoms with Crippen LogP contribution in [0.25, 0.3) is 11.4 Å². The maximum absolute atomic E-state index is 12.8. The molecule has 0 unspecified atom stereocenters. The van der Waals surface area contributed by atoms with E-state index in [-0.39, 0.29) is 5.78 Å². The SMILES string of the molecule is CCC(=O)c1cnc(N(C)c2cnc(CCN(C)C)cn2)cc1Nc1cccc(-c2ncn(C)n2)c1OC. The van der Waals surface area contributed by atoms with Crippen LogP contribution in [0.4, 0.5) is 23.0 Å². The van der Waals surface area contributed by atoms with E-state index in [0.717, 1.165) is 24.2 Å². The number of aryl methyl sites for hydroxylation is 1. The molecule has 0 atom stereocenters. The zero-order valence-corrected chi connectivity index (χ0v) is 22.6. The number of nitrogens with zero attached hydrogens (tertiary/aromatic N) is 8. The van der Waals surface area contributed by atoms with Gasteiger partial charge in [0.25, 0.3) is 0 Å². The summed E-state index contributed by atoms with van der Waals surface area (Å²) in [7, 11) is 9.33. The molecule has 1 aromatic carbocycles. The lowest BCUT2D eigenvalue weighted by Crippen LogP contribution is -2.17. The number of hydrogen-bond acceptors (Lipinski definition) is 10. The third-order valence-electron chi connectivity index (χ3n) is 6.03. The predicted molar refractivity (Wildman–Crippen MR) is 147 cm³/mol. The van der Waals surface area contributed by atoms with Gasteiger partial charge < -0.3 is 19.9 Å². The molecule has 4 aromatic rings. The van der Waals surface area contributed by atoms with Gasteiger partial charge in [0, 0.05) is 45.7 Å². The number of benzene rings is 1. The molecular formula is C27H33N9O2. The Morgan fingerprint density at radius 1 is 1.03 bits per heavy atom. The zero-order valence-electron chi connectivity index (χ0n) is 22.6. The van der Waals surface area contributed by atoms with Crippen molar-refractivity contribution in [2.75, 3.05) is 45.0 Å². The highest BCUT2D eigenvalue weighted by Gasteiger charge is 2.19. The number of ketones is 1. The van der Waals surface area contributed by atoms with Gasteiger partial charge in [0.1, 0.15) is 12.1 Å². The van der Waals surface area contributed by atoms with E-state index in [1.165, 1.54) is 0 Å². The number of aromatic nitrogens is 6. The van der Waals surface area contributed by atoms with Gasteiger partial charge in [-0.1, -0.05) is 13.0 Å². The van der Waals surface area contributed by atoms with Crippen LogP contribution in [0.1, 0.15) is 29.4 Å². The summed E-state index contributed by atoms with van der Waals surface area (Å²) < 4.78 is 7.38. The van der Waals surface area contributed by atoms with Gasteiger partial charge in [-0.15, -0.1) is 0 Å². The van der Waals surface area contributed by atoms with Gasteiger partial charge in [-0.05, 0) is 26.2 Å². The Morgan fingerprint density at radius 3 is 2.45 bits per heavy atom. The minimum absolute atomic E-state index is 0.0271. The summed E-state index contributed by atoms with van der Waals surface area (Å²) in [6, 6.07) is 7.49. The standard InChI is InChI=1S/C27H33N9O2/c1-7-23(37)20-15-30-24(36(5)25-16-28-18(14-29-25)11-12-34(2)3)13-22(20)32-21-10-8-9-19(26(21)38-6)27-31-17-35(4)33-27/h8-10,13-17H,7,11-12H2,1-6H3,(H,30,32). The van der Waals surface area contributed by atoms with Crippen molar-refractivity contribution < 1.29 is 9.53 Å². The molecule has 0 saturated carbocycles. The molecule has 11 nitrogen and oxygen atoms in total. The molecule has 0 aliphatic heterocycles. The Hall–Kier alpha value is -4.38. The van der Waals surface area contributed by atoms with E-state index in [9.17, 15) is 4.79 Å². The van der Waals surface area contributed by atoms with Crippen LogP contribution in [0, 0.1) is 0 Å². The van der Waals surface area contributed by atoms with Gasteiger partial charge in [0.05, 0.1) is 47.7 Å². The van der Waals surface area contributed by atoms with Crippen molar-refractivity contribution in [1.82, 2.24) is 34.6 Å². The summed E-state index contributed by atoms with van der Waals surface area (Å²) in [6.07, 6.45) is 7.91. The first kappa shape index (κ1) is 26.7. The van der Waals surface area contributed by atoms with Crippen LogP contribution in [-0.4, -0.2) is 75.2 Å².